The second-order valence-corrected chi connectivity index (χ2v) is 7.61. The number of methoxy groups -OCH3 is 3. The van der Waals surface area contributed by atoms with Crippen molar-refractivity contribution in [2.75, 3.05) is 41.2 Å². The van der Waals surface area contributed by atoms with E-state index in [9.17, 15) is 9.90 Å². The molecule has 2 aliphatic rings. The van der Waals surface area contributed by atoms with Crippen molar-refractivity contribution < 1.29 is 33.6 Å². The molecule has 2 aliphatic heterocycles. The summed E-state index contributed by atoms with van der Waals surface area (Å²) < 4.78 is 27.9. The third-order valence-corrected chi connectivity index (χ3v) is 5.91. The van der Waals surface area contributed by atoms with Crippen LogP contribution in [-0.2, 0) is 4.79 Å². The van der Waals surface area contributed by atoms with E-state index in [1.54, 1.807) is 21.3 Å². The molecule has 8 heteroatoms. The minimum absolute atomic E-state index is 0.188. The average molecular weight is 429 g/mol. The van der Waals surface area contributed by atoms with E-state index in [1.165, 1.54) is 0 Å². The lowest BCUT2D eigenvalue weighted by molar-refractivity contribution is -0.143. The van der Waals surface area contributed by atoms with Gasteiger partial charge in [0.2, 0.25) is 12.5 Å². The van der Waals surface area contributed by atoms with E-state index in [0.717, 1.165) is 24.1 Å². The number of carbonyl (C=O) groups is 1. The van der Waals surface area contributed by atoms with Crippen LogP contribution in [0.3, 0.4) is 0 Å². The number of benzene rings is 2. The monoisotopic (exact) mass is 429 g/mol. The molecule has 0 amide bonds. The molecule has 4 rings (SSSR count). The van der Waals surface area contributed by atoms with Crippen LogP contribution in [0.25, 0.3) is 0 Å². The van der Waals surface area contributed by atoms with Gasteiger partial charge < -0.3 is 28.8 Å². The summed E-state index contributed by atoms with van der Waals surface area (Å²) in [7, 11) is 4.74. The van der Waals surface area contributed by atoms with E-state index in [0.29, 0.717) is 41.7 Å². The molecule has 166 valence electrons. The molecule has 31 heavy (non-hydrogen) atoms. The first-order valence-electron chi connectivity index (χ1n) is 10.2. The Hall–Kier alpha value is -3.13. The van der Waals surface area contributed by atoms with Gasteiger partial charge in [0, 0.05) is 12.1 Å². The molecule has 1 fully saturated rings. The van der Waals surface area contributed by atoms with Crippen LogP contribution in [0.1, 0.15) is 30.0 Å². The molecular formula is C23H27NO7. The van der Waals surface area contributed by atoms with Crippen molar-refractivity contribution in [1.82, 2.24) is 4.90 Å². The number of aliphatic carboxylic acids is 1. The van der Waals surface area contributed by atoms with Crippen molar-refractivity contribution >= 4 is 5.97 Å². The number of hydrogen-bond acceptors (Lipinski definition) is 7. The molecule has 0 spiro atoms. The van der Waals surface area contributed by atoms with Gasteiger partial charge in [-0.15, -0.1) is 0 Å². The van der Waals surface area contributed by atoms with Crippen LogP contribution in [0.15, 0.2) is 30.3 Å². The van der Waals surface area contributed by atoms with Crippen LogP contribution in [0.5, 0.6) is 28.7 Å². The fourth-order valence-electron chi connectivity index (χ4n) is 4.45. The highest BCUT2D eigenvalue weighted by molar-refractivity contribution is 5.70. The predicted octanol–water partition coefficient (Wildman–Crippen LogP) is 3.33. The van der Waals surface area contributed by atoms with E-state index in [4.69, 9.17) is 23.7 Å². The largest absolute Gasteiger partial charge is 0.493 e. The van der Waals surface area contributed by atoms with Crippen LogP contribution in [-0.4, -0.2) is 57.2 Å². The first-order valence-corrected chi connectivity index (χ1v) is 10.2. The number of likely N-dealkylation sites (tertiary alicyclic amines) is 1. The maximum absolute atomic E-state index is 11.7. The highest BCUT2D eigenvalue weighted by atomic mass is 16.7. The summed E-state index contributed by atoms with van der Waals surface area (Å²) in [5, 5.41) is 9.63. The molecular weight excluding hydrogens is 402 g/mol. The van der Waals surface area contributed by atoms with Gasteiger partial charge in [-0.2, -0.15) is 0 Å². The molecule has 2 heterocycles. The number of piperidine rings is 1. The van der Waals surface area contributed by atoms with E-state index in [-0.39, 0.29) is 12.8 Å². The molecule has 2 unspecified atom stereocenters. The van der Waals surface area contributed by atoms with Gasteiger partial charge in [0.05, 0.1) is 33.3 Å². The Bertz CT molecular complexity index is 961. The van der Waals surface area contributed by atoms with Crippen molar-refractivity contribution in [3.63, 3.8) is 0 Å². The molecule has 0 aliphatic carbocycles. The summed E-state index contributed by atoms with van der Waals surface area (Å²) in [6.07, 6.45) is 1.47. The maximum Gasteiger partial charge on any atom is 0.307 e. The number of rotatable bonds is 7. The molecule has 8 nitrogen and oxygen atoms in total. The Morgan fingerprint density at radius 3 is 2.55 bits per heavy atom. The topological polar surface area (TPSA) is 86.7 Å². The predicted molar refractivity (Wildman–Crippen MR) is 112 cm³/mol. The summed E-state index contributed by atoms with van der Waals surface area (Å²) in [5.74, 6) is 1.80. The molecule has 1 N–H and O–H groups in total. The lowest BCUT2D eigenvalue weighted by Crippen LogP contribution is -2.41. The number of carboxylic acids is 1. The molecule has 0 aromatic heterocycles. The molecule has 0 saturated carbocycles. The number of fused-ring (bicyclic) bond motifs is 1. The number of nitrogens with zero attached hydrogens (tertiary/aromatic N) is 1. The van der Waals surface area contributed by atoms with Gasteiger partial charge >= 0.3 is 5.97 Å². The third kappa shape index (κ3) is 3.95. The van der Waals surface area contributed by atoms with Crippen molar-refractivity contribution in [3.05, 3.63) is 41.5 Å². The van der Waals surface area contributed by atoms with Gasteiger partial charge in [-0.25, -0.2) is 0 Å². The second-order valence-electron chi connectivity index (χ2n) is 7.61. The average Bonchev–Trinajstić information content (AvgIpc) is 3.27. The molecule has 0 radical (unpaired) electrons. The minimum atomic E-state index is -0.770. The van der Waals surface area contributed by atoms with E-state index < -0.39 is 11.9 Å². The fraction of sp³-hybridized carbons (Fsp3) is 0.435. The van der Waals surface area contributed by atoms with Crippen molar-refractivity contribution in [1.29, 1.82) is 0 Å². The molecule has 1 saturated heterocycles. The molecule has 2 aromatic carbocycles. The van der Waals surface area contributed by atoms with E-state index in [1.807, 2.05) is 30.3 Å². The Morgan fingerprint density at radius 2 is 1.84 bits per heavy atom. The SMILES string of the molecule is COc1ccc(C(c2ccc3c(c2)OCO3)N2CCCC(C(=O)O)C2)c(OC)c1OC. The van der Waals surface area contributed by atoms with Crippen molar-refractivity contribution in [2.24, 2.45) is 5.92 Å². The lowest BCUT2D eigenvalue weighted by atomic mass is 9.90. The Kier molecular flexibility index (Phi) is 6.08. The first-order chi connectivity index (χ1) is 15.1. The van der Waals surface area contributed by atoms with Crippen LogP contribution < -0.4 is 23.7 Å². The van der Waals surface area contributed by atoms with Crippen LogP contribution >= 0.6 is 0 Å². The van der Waals surface area contributed by atoms with Crippen LogP contribution in [0.4, 0.5) is 0 Å². The number of ether oxygens (including phenoxy) is 5. The molecule has 2 aromatic rings. The summed E-state index contributed by atoms with van der Waals surface area (Å²) in [4.78, 5) is 13.9. The zero-order valence-electron chi connectivity index (χ0n) is 17.9. The lowest BCUT2D eigenvalue weighted by Gasteiger charge is -2.38. The van der Waals surface area contributed by atoms with Gasteiger partial charge in [-0.05, 0) is 49.2 Å². The highest BCUT2D eigenvalue weighted by Gasteiger charge is 2.34. The smallest absolute Gasteiger partial charge is 0.307 e. The Labute approximate surface area is 181 Å². The number of hydrogen-bond donors (Lipinski definition) is 1. The van der Waals surface area contributed by atoms with Gasteiger partial charge in [0.25, 0.3) is 0 Å². The first kappa shape index (κ1) is 21.1. The van der Waals surface area contributed by atoms with Crippen molar-refractivity contribution in [3.8, 4) is 28.7 Å². The quantitative estimate of drug-likeness (QED) is 0.717. The third-order valence-electron chi connectivity index (χ3n) is 5.91. The highest BCUT2D eigenvalue weighted by Crippen LogP contribution is 2.47. The summed E-state index contributed by atoms with van der Waals surface area (Å²) in [6, 6.07) is 9.35. The van der Waals surface area contributed by atoms with Crippen LogP contribution in [0, 0.1) is 5.92 Å². The summed E-state index contributed by atoms with van der Waals surface area (Å²) in [6.45, 7) is 1.39. The summed E-state index contributed by atoms with van der Waals surface area (Å²) >= 11 is 0. The second kappa shape index (κ2) is 8.93. The molecule has 2 atom stereocenters. The minimum Gasteiger partial charge on any atom is -0.493 e. The fourth-order valence-corrected chi connectivity index (χ4v) is 4.45. The summed E-state index contributed by atoms with van der Waals surface area (Å²) in [5.41, 5.74) is 1.82. The number of carboxylic acid groups (broad SMARTS) is 1. The standard InChI is InChI=1S/C23H27NO7/c1-27-18-9-7-16(21(28-2)22(18)29-3)20(24-10-4-5-15(12-24)23(25)26)14-6-8-17-19(11-14)31-13-30-17/h6-9,11,15,20H,4-5,10,12-13H2,1-3H3,(H,25,26). The zero-order chi connectivity index (χ0) is 22.0. The van der Waals surface area contributed by atoms with Gasteiger partial charge in [-0.3, -0.25) is 9.69 Å². The van der Waals surface area contributed by atoms with Crippen molar-refractivity contribution in [2.45, 2.75) is 18.9 Å². The van der Waals surface area contributed by atoms with Crippen LogP contribution in [0.2, 0.25) is 0 Å². The molecule has 0 bridgehead atoms. The Balaban J connectivity index is 1.84. The van der Waals surface area contributed by atoms with Gasteiger partial charge in [0.1, 0.15) is 0 Å². The van der Waals surface area contributed by atoms with Gasteiger partial charge in [-0.1, -0.05) is 6.07 Å². The van der Waals surface area contributed by atoms with E-state index in [2.05, 4.69) is 4.90 Å². The zero-order valence-corrected chi connectivity index (χ0v) is 17.9. The maximum atomic E-state index is 11.7. The van der Waals surface area contributed by atoms with Gasteiger partial charge in [0.15, 0.2) is 23.0 Å². The van der Waals surface area contributed by atoms with E-state index >= 15 is 0 Å². The Morgan fingerprint density at radius 1 is 1.06 bits per heavy atom. The normalized spacial score (nSPS) is 19.0.